The summed E-state index contributed by atoms with van der Waals surface area (Å²) in [7, 11) is 0. The highest BCUT2D eigenvalue weighted by atomic mass is 19.2. The maximum absolute atomic E-state index is 13.6. The number of benzene rings is 1. The van der Waals surface area contributed by atoms with Gasteiger partial charge in [0.15, 0.2) is 17.5 Å². The van der Waals surface area contributed by atoms with Gasteiger partial charge in [0.1, 0.15) is 5.69 Å². The Morgan fingerprint density at radius 2 is 1.90 bits per heavy atom. The number of hydrogen-bond donors (Lipinski definition) is 1. The van der Waals surface area contributed by atoms with Crippen LogP contribution in [0.15, 0.2) is 18.3 Å². The van der Waals surface area contributed by atoms with Crippen LogP contribution in [0.3, 0.4) is 0 Å². The maximum Gasteiger partial charge on any atom is 0.161 e. The van der Waals surface area contributed by atoms with Gasteiger partial charge in [0.25, 0.3) is 0 Å². The van der Waals surface area contributed by atoms with Gasteiger partial charge in [0.2, 0.25) is 0 Å². The van der Waals surface area contributed by atoms with Crippen molar-refractivity contribution < 1.29 is 13.2 Å². The summed E-state index contributed by atoms with van der Waals surface area (Å²) in [5.41, 5.74) is 0.458. The van der Waals surface area contributed by atoms with Crippen molar-refractivity contribution in [2.75, 3.05) is 6.54 Å². The fourth-order valence-corrected chi connectivity index (χ4v) is 1.91. The van der Waals surface area contributed by atoms with Gasteiger partial charge in [-0.05, 0) is 25.3 Å². The predicted octanol–water partition coefficient (Wildman–Crippen LogP) is 2.18. The molecule has 1 aliphatic carbocycles. The van der Waals surface area contributed by atoms with Gasteiger partial charge < -0.3 is 5.32 Å². The molecule has 1 aromatic carbocycles. The SMILES string of the molecule is Fc1cc(F)c(-n2cc(CNCC3CC3)nn2)cc1F. The third-order valence-corrected chi connectivity index (χ3v) is 3.21. The summed E-state index contributed by atoms with van der Waals surface area (Å²) in [6, 6.07) is 1.26. The number of nitrogens with zero attached hydrogens (tertiary/aromatic N) is 3. The molecule has 0 bridgehead atoms. The van der Waals surface area contributed by atoms with Crippen molar-refractivity contribution in [2.24, 2.45) is 5.92 Å². The van der Waals surface area contributed by atoms with E-state index in [2.05, 4.69) is 15.6 Å². The van der Waals surface area contributed by atoms with Crippen LogP contribution in [0, 0.1) is 23.4 Å². The van der Waals surface area contributed by atoms with E-state index in [1.165, 1.54) is 19.0 Å². The summed E-state index contributed by atoms with van der Waals surface area (Å²) in [6.07, 6.45) is 4.00. The summed E-state index contributed by atoms with van der Waals surface area (Å²) in [5.74, 6) is -2.48. The van der Waals surface area contributed by atoms with Crippen molar-refractivity contribution in [3.63, 3.8) is 0 Å². The van der Waals surface area contributed by atoms with Gasteiger partial charge in [-0.1, -0.05) is 5.21 Å². The molecule has 0 amide bonds. The zero-order chi connectivity index (χ0) is 14.1. The molecule has 1 heterocycles. The van der Waals surface area contributed by atoms with Crippen molar-refractivity contribution in [3.05, 3.63) is 41.5 Å². The number of hydrogen-bond acceptors (Lipinski definition) is 3. The average molecular weight is 282 g/mol. The van der Waals surface area contributed by atoms with Crippen LogP contribution < -0.4 is 5.32 Å². The minimum absolute atomic E-state index is 0.162. The van der Waals surface area contributed by atoms with Crippen molar-refractivity contribution >= 4 is 0 Å². The Labute approximate surface area is 113 Å². The molecule has 1 aromatic heterocycles. The maximum atomic E-state index is 13.6. The molecule has 7 heteroatoms. The molecular formula is C13H13F3N4. The zero-order valence-corrected chi connectivity index (χ0v) is 10.6. The number of aromatic nitrogens is 3. The van der Waals surface area contributed by atoms with Crippen molar-refractivity contribution in [3.8, 4) is 5.69 Å². The van der Waals surface area contributed by atoms with Crippen LogP contribution >= 0.6 is 0 Å². The largest absolute Gasteiger partial charge is 0.311 e. The molecular weight excluding hydrogens is 269 g/mol. The second kappa shape index (κ2) is 5.24. The lowest BCUT2D eigenvalue weighted by Crippen LogP contribution is -2.16. The summed E-state index contributed by atoms with van der Waals surface area (Å²) in [4.78, 5) is 0. The molecule has 2 aromatic rings. The van der Waals surface area contributed by atoms with E-state index in [0.717, 1.165) is 23.2 Å². The number of halogens is 3. The first kappa shape index (κ1) is 13.1. The lowest BCUT2D eigenvalue weighted by Gasteiger charge is -2.03. The molecule has 0 saturated heterocycles. The first-order valence-electron chi connectivity index (χ1n) is 6.40. The minimum atomic E-state index is -1.22. The first-order chi connectivity index (χ1) is 9.63. The second-order valence-electron chi connectivity index (χ2n) is 4.95. The van der Waals surface area contributed by atoms with E-state index in [9.17, 15) is 13.2 Å². The minimum Gasteiger partial charge on any atom is -0.311 e. The third kappa shape index (κ3) is 2.82. The topological polar surface area (TPSA) is 42.7 Å². The van der Waals surface area contributed by atoms with Crippen LogP contribution in [0.5, 0.6) is 0 Å². The molecule has 0 radical (unpaired) electrons. The molecule has 1 N–H and O–H groups in total. The zero-order valence-electron chi connectivity index (χ0n) is 10.6. The molecule has 1 saturated carbocycles. The smallest absolute Gasteiger partial charge is 0.161 e. The van der Waals surface area contributed by atoms with Gasteiger partial charge in [-0.15, -0.1) is 5.10 Å². The van der Waals surface area contributed by atoms with Gasteiger partial charge in [0, 0.05) is 18.7 Å². The van der Waals surface area contributed by atoms with Crippen molar-refractivity contribution in [1.29, 1.82) is 0 Å². The standard InChI is InChI=1S/C13H13F3N4/c14-10-3-12(16)13(4-11(10)15)20-7-9(18-19-20)6-17-5-8-1-2-8/h3-4,7-8,17H,1-2,5-6H2. The molecule has 0 unspecified atom stereocenters. The van der Waals surface area contributed by atoms with Gasteiger partial charge in [-0.25, -0.2) is 17.9 Å². The van der Waals surface area contributed by atoms with Crippen LogP contribution in [0.4, 0.5) is 13.2 Å². The Morgan fingerprint density at radius 3 is 2.65 bits per heavy atom. The number of nitrogens with one attached hydrogen (secondary N) is 1. The van der Waals surface area contributed by atoms with Crippen molar-refractivity contribution in [2.45, 2.75) is 19.4 Å². The van der Waals surface area contributed by atoms with Crippen LogP contribution in [0.1, 0.15) is 18.5 Å². The Bertz CT molecular complexity index is 622. The fourth-order valence-electron chi connectivity index (χ4n) is 1.91. The molecule has 0 aliphatic heterocycles. The van der Waals surface area contributed by atoms with Crippen LogP contribution in [0.25, 0.3) is 5.69 Å². The molecule has 20 heavy (non-hydrogen) atoms. The summed E-state index contributed by atoms with van der Waals surface area (Å²) >= 11 is 0. The second-order valence-corrected chi connectivity index (χ2v) is 4.95. The lowest BCUT2D eigenvalue weighted by atomic mass is 10.3. The molecule has 106 valence electrons. The van der Waals surface area contributed by atoms with Gasteiger partial charge >= 0.3 is 0 Å². The Balaban J connectivity index is 1.73. The number of rotatable bonds is 5. The van der Waals surface area contributed by atoms with E-state index in [1.807, 2.05) is 0 Å². The molecule has 0 atom stereocenters. The average Bonchev–Trinajstić information content (AvgIpc) is 3.11. The van der Waals surface area contributed by atoms with E-state index in [-0.39, 0.29) is 5.69 Å². The highest BCUT2D eigenvalue weighted by molar-refractivity contribution is 5.33. The Kier molecular flexibility index (Phi) is 3.43. The lowest BCUT2D eigenvalue weighted by molar-refractivity contribution is 0.491. The Hall–Kier alpha value is -1.89. The van der Waals surface area contributed by atoms with E-state index in [0.29, 0.717) is 18.3 Å². The molecule has 0 spiro atoms. The fraction of sp³-hybridized carbons (Fsp3) is 0.385. The van der Waals surface area contributed by atoms with Crippen LogP contribution in [-0.2, 0) is 6.54 Å². The highest BCUT2D eigenvalue weighted by Crippen LogP contribution is 2.27. The normalized spacial score (nSPS) is 14.8. The third-order valence-electron chi connectivity index (χ3n) is 3.21. The van der Waals surface area contributed by atoms with Crippen molar-refractivity contribution in [1.82, 2.24) is 20.3 Å². The van der Waals surface area contributed by atoms with Gasteiger partial charge in [0.05, 0.1) is 11.9 Å². The summed E-state index contributed by atoms with van der Waals surface area (Å²) in [5, 5.41) is 10.8. The van der Waals surface area contributed by atoms with Crippen LogP contribution in [0.2, 0.25) is 0 Å². The Morgan fingerprint density at radius 1 is 1.15 bits per heavy atom. The van der Waals surface area contributed by atoms with Crippen LogP contribution in [-0.4, -0.2) is 21.5 Å². The van der Waals surface area contributed by atoms with E-state index >= 15 is 0 Å². The monoisotopic (exact) mass is 282 g/mol. The quantitative estimate of drug-likeness (QED) is 0.855. The van der Waals surface area contributed by atoms with E-state index < -0.39 is 17.5 Å². The molecule has 1 fully saturated rings. The summed E-state index contributed by atoms with van der Waals surface area (Å²) < 4.78 is 40.7. The first-order valence-corrected chi connectivity index (χ1v) is 6.40. The predicted molar refractivity (Wildman–Crippen MR) is 65.7 cm³/mol. The molecule has 3 rings (SSSR count). The molecule has 4 nitrogen and oxygen atoms in total. The summed E-state index contributed by atoms with van der Waals surface area (Å²) in [6.45, 7) is 1.44. The van der Waals surface area contributed by atoms with E-state index in [4.69, 9.17) is 0 Å². The van der Waals surface area contributed by atoms with E-state index in [1.54, 1.807) is 0 Å². The highest BCUT2D eigenvalue weighted by Gasteiger charge is 2.20. The van der Waals surface area contributed by atoms with Gasteiger partial charge in [-0.2, -0.15) is 0 Å². The van der Waals surface area contributed by atoms with Gasteiger partial charge in [-0.3, -0.25) is 0 Å². The molecule has 1 aliphatic rings.